The number of rotatable bonds is 0. The van der Waals surface area contributed by atoms with Gasteiger partial charge in [-0.05, 0) is 30.0 Å². The van der Waals surface area contributed by atoms with Crippen LogP contribution in [0.5, 0.6) is 0 Å². The van der Waals surface area contributed by atoms with Gasteiger partial charge in [-0.15, -0.1) is 0 Å². The van der Waals surface area contributed by atoms with E-state index >= 15 is 0 Å². The van der Waals surface area contributed by atoms with Crippen LogP contribution in [0.4, 0.5) is 0 Å². The van der Waals surface area contributed by atoms with Crippen molar-refractivity contribution in [3.8, 4) is 0 Å². The minimum atomic E-state index is -0.468. The van der Waals surface area contributed by atoms with Crippen LogP contribution in [-0.2, 0) is 9.59 Å². The van der Waals surface area contributed by atoms with Crippen LogP contribution in [0.1, 0.15) is 6.42 Å². The SMILES string of the molecule is O=C1NC2=CC=CCC2C1=O.c1ccc2[nH]ccc2c1. The lowest BCUT2D eigenvalue weighted by molar-refractivity contribution is -0.136. The van der Waals surface area contributed by atoms with Crippen molar-refractivity contribution in [2.75, 3.05) is 0 Å². The van der Waals surface area contributed by atoms with Crippen LogP contribution in [0, 0.1) is 5.92 Å². The molecule has 1 unspecified atom stereocenters. The number of carbonyl (C=O) groups is 2. The van der Waals surface area contributed by atoms with Crippen molar-refractivity contribution < 1.29 is 9.59 Å². The Balaban J connectivity index is 0.000000123. The summed E-state index contributed by atoms with van der Waals surface area (Å²) in [6, 6.07) is 10.3. The van der Waals surface area contributed by atoms with Crippen molar-refractivity contribution in [1.82, 2.24) is 10.3 Å². The molecule has 20 heavy (non-hydrogen) atoms. The Labute approximate surface area is 116 Å². The second-order valence-electron chi connectivity index (χ2n) is 4.72. The summed E-state index contributed by atoms with van der Waals surface area (Å²) in [4.78, 5) is 25.0. The van der Waals surface area contributed by atoms with E-state index in [0.29, 0.717) is 6.42 Å². The molecule has 1 aromatic heterocycles. The van der Waals surface area contributed by atoms with E-state index in [-0.39, 0.29) is 11.7 Å². The number of Topliss-reactive ketones (excluding diaryl/α,β-unsaturated/α-hetero) is 1. The first-order chi connectivity index (χ1) is 9.75. The molecule has 1 amide bonds. The highest BCUT2D eigenvalue weighted by Gasteiger charge is 2.36. The minimum absolute atomic E-state index is 0.215. The number of para-hydroxylation sites is 1. The number of ketones is 1. The number of hydrogen-bond donors (Lipinski definition) is 2. The maximum Gasteiger partial charge on any atom is 0.292 e. The molecule has 0 radical (unpaired) electrons. The average molecular weight is 266 g/mol. The molecule has 0 saturated carbocycles. The van der Waals surface area contributed by atoms with E-state index in [1.54, 1.807) is 6.08 Å². The maximum atomic E-state index is 11.1. The standard InChI is InChI=1S/C8H7NO2.C8H7N/c10-7-5-3-1-2-4-6(5)9-8(7)11;1-2-4-8-7(3-1)5-6-9-8/h1-2,4-5H,3H2,(H,9,11);1-6,9H. The van der Waals surface area contributed by atoms with Gasteiger partial charge in [0, 0.05) is 17.4 Å². The number of benzene rings is 1. The third-order valence-electron chi connectivity index (χ3n) is 3.42. The van der Waals surface area contributed by atoms with E-state index in [1.807, 2.05) is 30.5 Å². The summed E-state index contributed by atoms with van der Waals surface area (Å²) in [5.74, 6) is -0.988. The smallest absolute Gasteiger partial charge is 0.292 e. The van der Waals surface area contributed by atoms with Crippen molar-refractivity contribution in [2.45, 2.75) is 6.42 Å². The van der Waals surface area contributed by atoms with Gasteiger partial charge in [-0.1, -0.05) is 30.4 Å². The largest absolute Gasteiger partial charge is 0.361 e. The number of aromatic nitrogens is 1. The Kier molecular flexibility index (Phi) is 3.21. The van der Waals surface area contributed by atoms with Crippen molar-refractivity contribution >= 4 is 22.6 Å². The van der Waals surface area contributed by atoms with Gasteiger partial charge in [-0.2, -0.15) is 0 Å². The molecule has 2 aliphatic rings. The molecule has 1 aromatic carbocycles. The number of hydrogen-bond acceptors (Lipinski definition) is 2. The fourth-order valence-electron chi connectivity index (χ4n) is 2.35. The monoisotopic (exact) mass is 266 g/mol. The van der Waals surface area contributed by atoms with Crippen LogP contribution in [0.25, 0.3) is 10.9 Å². The molecule has 4 rings (SSSR count). The number of aromatic amines is 1. The lowest BCUT2D eigenvalue weighted by Gasteiger charge is -2.07. The molecule has 100 valence electrons. The molecule has 0 bridgehead atoms. The summed E-state index contributed by atoms with van der Waals surface area (Å²) >= 11 is 0. The van der Waals surface area contributed by atoms with E-state index in [9.17, 15) is 9.59 Å². The zero-order chi connectivity index (χ0) is 13.9. The summed E-state index contributed by atoms with van der Waals surface area (Å²) in [6.45, 7) is 0. The van der Waals surface area contributed by atoms with Gasteiger partial charge in [0.1, 0.15) is 0 Å². The lowest BCUT2D eigenvalue weighted by Crippen LogP contribution is -2.18. The van der Waals surface area contributed by atoms with Gasteiger partial charge in [0.25, 0.3) is 5.91 Å². The molecule has 1 fully saturated rings. The highest BCUT2D eigenvalue weighted by molar-refractivity contribution is 6.40. The van der Waals surface area contributed by atoms with Crippen molar-refractivity contribution in [1.29, 1.82) is 0 Å². The Morgan fingerprint density at radius 3 is 2.75 bits per heavy atom. The highest BCUT2D eigenvalue weighted by atomic mass is 16.2. The summed E-state index contributed by atoms with van der Waals surface area (Å²) in [5.41, 5.74) is 1.96. The van der Waals surface area contributed by atoms with Crippen LogP contribution >= 0.6 is 0 Å². The Hall–Kier alpha value is -2.62. The summed E-state index contributed by atoms with van der Waals surface area (Å²) in [6.07, 6.45) is 8.13. The molecule has 1 saturated heterocycles. The van der Waals surface area contributed by atoms with Gasteiger partial charge in [0.15, 0.2) is 0 Å². The topological polar surface area (TPSA) is 62.0 Å². The molecule has 0 spiro atoms. The van der Waals surface area contributed by atoms with Crippen molar-refractivity contribution in [3.05, 3.63) is 60.5 Å². The summed E-state index contributed by atoms with van der Waals surface area (Å²) in [5, 5.41) is 3.80. The Morgan fingerprint density at radius 1 is 1.10 bits per heavy atom. The first kappa shape index (κ1) is 12.4. The number of allylic oxidation sites excluding steroid dienone is 4. The van der Waals surface area contributed by atoms with Crippen molar-refractivity contribution in [3.63, 3.8) is 0 Å². The quantitative estimate of drug-likeness (QED) is 0.719. The van der Waals surface area contributed by atoms with Gasteiger partial charge in [0.05, 0.1) is 5.92 Å². The van der Waals surface area contributed by atoms with Crippen LogP contribution in [0.3, 0.4) is 0 Å². The van der Waals surface area contributed by atoms with Gasteiger partial charge >= 0.3 is 0 Å². The van der Waals surface area contributed by atoms with E-state index in [0.717, 1.165) is 5.70 Å². The number of nitrogens with one attached hydrogen (secondary N) is 2. The molecule has 2 heterocycles. The zero-order valence-electron chi connectivity index (χ0n) is 10.8. The van der Waals surface area contributed by atoms with E-state index < -0.39 is 5.91 Å². The summed E-state index contributed by atoms with van der Waals surface area (Å²) in [7, 11) is 0. The highest BCUT2D eigenvalue weighted by Crippen LogP contribution is 2.23. The fraction of sp³-hybridized carbons (Fsp3) is 0.125. The van der Waals surface area contributed by atoms with Crippen LogP contribution in [-0.4, -0.2) is 16.7 Å². The molecular weight excluding hydrogens is 252 g/mol. The number of fused-ring (bicyclic) bond motifs is 2. The molecule has 1 atom stereocenters. The zero-order valence-corrected chi connectivity index (χ0v) is 10.8. The van der Waals surface area contributed by atoms with Gasteiger partial charge in [-0.25, -0.2) is 0 Å². The second-order valence-corrected chi connectivity index (χ2v) is 4.72. The predicted octanol–water partition coefficient (Wildman–Crippen LogP) is 2.31. The van der Waals surface area contributed by atoms with Crippen molar-refractivity contribution in [2.24, 2.45) is 5.92 Å². The average Bonchev–Trinajstić information content (AvgIpc) is 3.06. The lowest BCUT2D eigenvalue weighted by atomic mass is 9.96. The Bertz CT molecular complexity index is 695. The molecule has 4 heteroatoms. The second kappa shape index (κ2) is 5.17. The summed E-state index contributed by atoms with van der Waals surface area (Å²) < 4.78 is 0. The molecule has 2 N–H and O–H groups in total. The fourth-order valence-corrected chi connectivity index (χ4v) is 2.35. The Morgan fingerprint density at radius 2 is 1.95 bits per heavy atom. The van der Waals surface area contributed by atoms with Crippen LogP contribution < -0.4 is 5.32 Å². The third-order valence-corrected chi connectivity index (χ3v) is 3.42. The molecule has 1 aliphatic heterocycles. The molecule has 4 nitrogen and oxygen atoms in total. The van der Waals surface area contributed by atoms with Crippen LogP contribution in [0.15, 0.2) is 60.5 Å². The van der Waals surface area contributed by atoms with Crippen LogP contribution in [0.2, 0.25) is 0 Å². The molecular formula is C16H14N2O2. The third kappa shape index (κ3) is 2.28. The van der Waals surface area contributed by atoms with Gasteiger partial charge in [0.2, 0.25) is 5.78 Å². The number of amides is 1. The number of H-pyrrole nitrogens is 1. The van der Waals surface area contributed by atoms with E-state index in [4.69, 9.17) is 0 Å². The van der Waals surface area contributed by atoms with Gasteiger partial charge in [-0.3, -0.25) is 9.59 Å². The number of carbonyl (C=O) groups excluding carboxylic acids is 2. The molecule has 1 aliphatic carbocycles. The van der Waals surface area contributed by atoms with E-state index in [2.05, 4.69) is 28.5 Å². The molecule has 2 aromatic rings. The van der Waals surface area contributed by atoms with Gasteiger partial charge < -0.3 is 10.3 Å². The first-order valence-corrected chi connectivity index (χ1v) is 6.50. The first-order valence-electron chi connectivity index (χ1n) is 6.50. The maximum absolute atomic E-state index is 11.1. The normalized spacial score (nSPS) is 20.0. The minimum Gasteiger partial charge on any atom is -0.361 e. The van der Waals surface area contributed by atoms with E-state index in [1.165, 1.54) is 10.9 Å². The predicted molar refractivity (Wildman–Crippen MR) is 76.8 cm³/mol.